The molecule has 0 radical (unpaired) electrons. The van der Waals surface area contributed by atoms with E-state index in [4.69, 9.17) is 24.4 Å². The Morgan fingerprint density at radius 2 is 1.77 bits per heavy atom. The summed E-state index contributed by atoms with van der Waals surface area (Å²) in [7, 11) is 3.00. The molecule has 3 aliphatic rings. The van der Waals surface area contributed by atoms with E-state index in [0.29, 0.717) is 29.9 Å². The lowest BCUT2D eigenvalue weighted by atomic mass is 9.52. The molecule has 2 saturated heterocycles. The quantitative estimate of drug-likeness (QED) is 0.781. The number of methoxy groups -OCH3 is 2. The smallest absolute Gasteiger partial charge is 0.217 e. The molecular formula is C23H24N4O4. The Morgan fingerprint density at radius 1 is 1.03 bits per heavy atom. The van der Waals surface area contributed by atoms with Crippen molar-refractivity contribution in [2.45, 2.75) is 50.4 Å². The molecule has 0 aromatic heterocycles. The third-order valence-corrected chi connectivity index (χ3v) is 7.04. The zero-order valence-corrected chi connectivity index (χ0v) is 17.6. The van der Waals surface area contributed by atoms with E-state index in [1.807, 2.05) is 0 Å². The van der Waals surface area contributed by atoms with Gasteiger partial charge in [0, 0.05) is 12.0 Å². The fourth-order valence-corrected chi connectivity index (χ4v) is 5.54. The highest BCUT2D eigenvalue weighted by molar-refractivity contribution is 5.89. The molecule has 0 spiro atoms. The highest BCUT2D eigenvalue weighted by atomic mass is 16.7. The summed E-state index contributed by atoms with van der Waals surface area (Å²) < 4.78 is 23.4. The first-order valence-electron chi connectivity index (χ1n) is 10.4. The molecule has 2 aliphatic heterocycles. The molecule has 2 heterocycles. The zero-order valence-electron chi connectivity index (χ0n) is 17.6. The Balaban J connectivity index is 2.01. The van der Waals surface area contributed by atoms with Gasteiger partial charge in [-0.25, -0.2) is 0 Å². The van der Waals surface area contributed by atoms with Gasteiger partial charge in [-0.2, -0.15) is 15.8 Å². The lowest BCUT2D eigenvalue weighted by Gasteiger charge is -2.50. The average molecular weight is 420 g/mol. The summed E-state index contributed by atoms with van der Waals surface area (Å²) in [6, 6.07) is 11.4. The summed E-state index contributed by atoms with van der Waals surface area (Å²) in [6.45, 7) is 0. The second kappa shape index (κ2) is 7.45. The molecular weight excluding hydrogens is 396 g/mol. The molecule has 1 N–H and O–H groups in total. The van der Waals surface area contributed by atoms with Gasteiger partial charge in [0.2, 0.25) is 17.1 Å². The van der Waals surface area contributed by atoms with Crippen LogP contribution in [0, 0.1) is 56.2 Å². The minimum atomic E-state index is -2.00. The van der Waals surface area contributed by atoms with E-state index in [1.54, 1.807) is 18.2 Å². The third-order valence-electron chi connectivity index (χ3n) is 7.04. The summed E-state index contributed by atoms with van der Waals surface area (Å²) in [5.41, 5.74) is -3.32. The van der Waals surface area contributed by atoms with E-state index in [2.05, 4.69) is 18.2 Å². The number of ether oxygens (including phenoxy) is 4. The third kappa shape index (κ3) is 2.57. The van der Waals surface area contributed by atoms with Crippen molar-refractivity contribution in [3.8, 4) is 29.7 Å². The van der Waals surface area contributed by atoms with Crippen molar-refractivity contribution in [2.75, 3.05) is 14.2 Å². The van der Waals surface area contributed by atoms with Gasteiger partial charge in [-0.15, -0.1) is 0 Å². The highest BCUT2D eigenvalue weighted by Gasteiger charge is 2.80. The molecule has 3 fully saturated rings. The van der Waals surface area contributed by atoms with Crippen molar-refractivity contribution >= 4 is 5.90 Å². The van der Waals surface area contributed by atoms with Crippen LogP contribution in [0.4, 0.5) is 0 Å². The largest absolute Gasteiger partial charge is 0.497 e. The van der Waals surface area contributed by atoms with E-state index < -0.39 is 28.6 Å². The average Bonchev–Trinajstić information content (AvgIpc) is 2.95. The Labute approximate surface area is 181 Å². The molecule has 160 valence electrons. The minimum absolute atomic E-state index is 0.352. The maximum Gasteiger partial charge on any atom is 0.217 e. The van der Waals surface area contributed by atoms with Crippen LogP contribution in [-0.4, -0.2) is 25.9 Å². The Morgan fingerprint density at radius 3 is 2.42 bits per heavy atom. The van der Waals surface area contributed by atoms with E-state index >= 15 is 0 Å². The monoisotopic (exact) mass is 420 g/mol. The van der Waals surface area contributed by atoms with Crippen LogP contribution in [0.1, 0.15) is 50.2 Å². The SMILES string of the molecule is COc1ccc(OC)c(C2OC34CCCCCCC3C(C#N)(C(=N)O4)C2(C#N)C#N)c1. The number of benzene rings is 1. The number of hydrogen-bond donors (Lipinski definition) is 1. The van der Waals surface area contributed by atoms with Gasteiger partial charge < -0.3 is 18.9 Å². The maximum atomic E-state index is 10.4. The predicted molar refractivity (Wildman–Crippen MR) is 108 cm³/mol. The van der Waals surface area contributed by atoms with Gasteiger partial charge in [0.1, 0.15) is 17.6 Å². The Kier molecular flexibility index (Phi) is 5.04. The van der Waals surface area contributed by atoms with Gasteiger partial charge in [-0.3, -0.25) is 5.41 Å². The van der Waals surface area contributed by atoms with Gasteiger partial charge in [0.15, 0.2) is 5.41 Å². The van der Waals surface area contributed by atoms with Crippen LogP contribution < -0.4 is 9.47 Å². The fraction of sp³-hybridized carbons (Fsp3) is 0.565. The zero-order chi connectivity index (χ0) is 22.3. The van der Waals surface area contributed by atoms with Crippen LogP contribution in [0.2, 0.25) is 0 Å². The Bertz CT molecular complexity index is 1020. The van der Waals surface area contributed by atoms with E-state index in [-0.39, 0.29) is 5.90 Å². The topological polar surface area (TPSA) is 132 Å². The summed E-state index contributed by atoms with van der Waals surface area (Å²) in [4.78, 5) is 0. The van der Waals surface area contributed by atoms with Crippen LogP contribution >= 0.6 is 0 Å². The molecule has 8 nitrogen and oxygen atoms in total. The van der Waals surface area contributed by atoms with E-state index in [9.17, 15) is 15.8 Å². The molecule has 1 aromatic carbocycles. The van der Waals surface area contributed by atoms with Gasteiger partial charge >= 0.3 is 0 Å². The normalized spacial score (nSPS) is 33.3. The van der Waals surface area contributed by atoms with Crippen molar-refractivity contribution in [1.29, 1.82) is 21.2 Å². The van der Waals surface area contributed by atoms with Crippen molar-refractivity contribution in [3.63, 3.8) is 0 Å². The second-order valence-electron chi connectivity index (χ2n) is 8.31. The molecule has 4 rings (SSSR count). The first-order valence-corrected chi connectivity index (χ1v) is 10.4. The number of hydrogen-bond acceptors (Lipinski definition) is 8. The molecule has 4 atom stereocenters. The van der Waals surface area contributed by atoms with Crippen LogP contribution in [0.3, 0.4) is 0 Å². The number of nitrogens with zero attached hydrogens (tertiary/aromatic N) is 3. The molecule has 31 heavy (non-hydrogen) atoms. The first kappa shape index (κ1) is 21.0. The Hall–Kier alpha value is -3.28. The van der Waals surface area contributed by atoms with Gasteiger partial charge in [-0.1, -0.05) is 19.3 Å². The lowest BCUT2D eigenvalue weighted by molar-refractivity contribution is -0.289. The van der Waals surface area contributed by atoms with Crippen molar-refractivity contribution in [1.82, 2.24) is 0 Å². The fourth-order valence-electron chi connectivity index (χ4n) is 5.54. The molecule has 8 heteroatoms. The molecule has 1 saturated carbocycles. The maximum absolute atomic E-state index is 10.4. The summed E-state index contributed by atoms with van der Waals surface area (Å²) >= 11 is 0. The lowest BCUT2D eigenvalue weighted by Crippen LogP contribution is -2.59. The summed E-state index contributed by atoms with van der Waals surface area (Å²) in [6.07, 6.45) is 3.46. The van der Waals surface area contributed by atoms with Crippen molar-refractivity contribution in [3.05, 3.63) is 23.8 Å². The van der Waals surface area contributed by atoms with E-state index in [1.165, 1.54) is 14.2 Å². The summed E-state index contributed by atoms with van der Waals surface area (Å²) in [5, 5.41) is 39.9. The predicted octanol–water partition coefficient (Wildman–Crippen LogP) is 3.99. The molecule has 1 aromatic rings. The minimum Gasteiger partial charge on any atom is -0.497 e. The van der Waals surface area contributed by atoms with Crippen molar-refractivity contribution < 1.29 is 18.9 Å². The highest BCUT2D eigenvalue weighted by Crippen LogP contribution is 2.69. The van der Waals surface area contributed by atoms with Gasteiger partial charge in [0.05, 0.1) is 38.3 Å². The van der Waals surface area contributed by atoms with Gasteiger partial charge in [0.25, 0.3) is 0 Å². The number of nitrogens with one attached hydrogen (secondary N) is 1. The standard InChI is InChI=1S/C23H24N4O4/c1-28-15-8-9-17(29-2)16(11-15)19-21(12-24,13-25)22(14-26)18-7-5-3-4-6-10-23(18,30-19)31-20(22)27/h8-9,11,18-19,27H,3-7,10H2,1-2H3. The second-order valence-corrected chi connectivity index (χ2v) is 8.31. The molecule has 4 unspecified atom stereocenters. The number of nitriles is 3. The number of rotatable bonds is 3. The molecule has 2 bridgehead atoms. The van der Waals surface area contributed by atoms with E-state index in [0.717, 1.165) is 25.7 Å². The van der Waals surface area contributed by atoms with Crippen LogP contribution in [0.15, 0.2) is 18.2 Å². The van der Waals surface area contributed by atoms with Crippen LogP contribution in [0.25, 0.3) is 0 Å². The summed E-state index contributed by atoms with van der Waals surface area (Å²) in [5.74, 6) is -1.26. The van der Waals surface area contributed by atoms with Crippen molar-refractivity contribution in [2.24, 2.45) is 16.7 Å². The first-order chi connectivity index (χ1) is 15.0. The van der Waals surface area contributed by atoms with Crippen LogP contribution in [0.5, 0.6) is 11.5 Å². The van der Waals surface area contributed by atoms with Gasteiger partial charge in [-0.05, 0) is 31.0 Å². The van der Waals surface area contributed by atoms with Crippen LogP contribution in [-0.2, 0) is 9.47 Å². The molecule has 0 amide bonds. The molecule has 1 aliphatic carbocycles.